The van der Waals surface area contributed by atoms with Crippen molar-refractivity contribution in [3.63, 3.8) is 0 Å². The van der Waals surface area contributed by atoms with Gasteiger partial charge in [-0.05, 0) is 43.7 Å². The predicted molar refractivity (Wildman–Crippen MR) is 134 cm³/mol. The van der Waals surface area contributed by atoms with Crippen molar-refractivity contribution >= 4 is 17.2 Å². The molecular formula is C26H33N5OS. The van der Waals surface area contributed by atoms with Crippen LogP contribution in [0.5, 0.6) is 0 Å². The Bertz CT molecular complexity index is 1010. The molecule has 1 fully saturated rings. The first-order valence-electron chi connectivity index (χ1n) is 11.7. The van der Waals surface area contributed by atoms with Crippen molar-refractivity contribution in [2.24, 2.45) is 0 Å². The van der Waals surface area contributed by atoms with E-state index in [0.717, 1.165) is 55.4 Å². The second-order valence-electron chi connectivity index (χ2n) is 8.68. The Labute approximate surface area is 200 Å². The van der Waals surface area contributed by atoms with Crippen molar-refractivity contribution in [2.75, 3.05) is 46.3 Å². The van der Waals surface area contributed by atoms with Gasteiger partial charge >= 0.3 is 0 Å². The number of carbonyl (C=O) groups is 1. The Balaban J connectivity index is 1.30. The van der Waals surface area contributed by atoms with E-state index in [4.69, 9.17) is 4.98 Å². The molecule has 3 heterocycles. The minimum absolute atomic E-state index is 0.130. The zero-order valence-corrected chi connectivity index (χ0v) is 20.4. The van der Waals surface area contributed by atoms with Gasteiger partial charge in [-0.15, -0.1) is 11.3 Å². The molecule has 0 unspecified atom stereocenters. The minimum atomic E-state index is 0.130. The number of benzene rings is 1. The molecule has 0 N–H and O–H groups in total. The average Bonchev–Trinajstić information content (AvgIpc) is 3.30. The van der Waals surface area contributed by atoms with Crippen LogP contribution in [0.25, 0.3) is 10.6 Å². The smallest absolute Gasteiger partial charge is 0.228 e. The monoisotopic (exact) mass is 463 g/mol. The summed E-state index contributed by atoms with van der Waals surface area (Å²) in [4.78, 5) is 28.4. The van der Waals surface area contributed by atoms with Crippen LogP contribution in [0.2, 0.25) is 0 Å². The molecule has 0 atom stereocenters. The lowest BCUT2D eigenvalue weighted by Crippen LogP contribution is -2.43. The number of rotatable bonds is 9. The molecule has 4 rings (SSSR count). The van der Waals surface area contributed by atoms with Crippen LogP contribution in [-0.2, 0) is 24.2 Å². The Morgan fingerprint density at radius 3 is 2.45 bits per heavy atom. The number of amides is 1. The normalized spacial score (nSPS) is 15.0. The van der Waals surface area contributed by atoms with Crippen molar-refractivity contribution in [3.8, 4) is 10.6 Å². The molecule has 1 aromatic carbocycles. The lowest BCUT2D eigenvalue weighted by atomic mass is 10.1. The zero-order chi connectivity index (χ0) is 23.0. The maximum Gasteiger partial charge on any atom is 0.228 e. The summed E-state index contributed by atoms with van der Waals surface area (Å²) >= 11 is 1.61. The number of hydrogen-bond donors (Lipinski definition) is 0. The SMILES string of the molecule is CCN(CCc1ccncc1)C(=O)Cc1csc(-c2ccc(CN3CCN(C)CC3)cc2)n1. The fraction of sp³-hybridized carbons (Fsp3) is 0.423. The van der Waals surface area contributed by atoms with Gasteiger partial charge in [0.2, 0.25) is 5.91 Å². The molecule has 1 aliphatic heterocycles. The summed E-state index contributed by atoms with van der Waals surface area (Å²) in [7, 11) is 2.18. The van der Waals surface area contributed by atoms with E-state index in [1.165, 1.54) is 11.1 Å². The summed E-state index contributed by atoms with van der Waals surface area (Å²) in [5, 5.41) is 2.99. The highest BCUT2D eigenvalue weighted by atomic mass is 32.1. The number of thiazole rings is 1. The third kappa shape index (κ3) is 6.69. The number of aromatic nitrogens is 2. The van der Waals surface area contributed by atoms with Gasteiger partial charge in [-0.25, -0.2) is 4.98 Å². The maximum atomic E-state index is 12.8. The highest BCUT2D eigenvalue weighted by molar-refractivity contribution is 7.13. The summed E-state index contributed by atoms with van der Waals surface area (Å²) < 4.78 is 0. The molecule has 2 aromatic heterocycles. The van der Waals surface area contributed by atoms with Gasteiger partial charge < -0.3 is 9.80 Å². The Morgan fingerprint density at radius 2 is 1.76 bits per heavy atom. The van der Waals surface area contributed by atoms with Crippen LogP contribution in [0.3, 0.4) is 0 Å². The third-order valence-electron chi connectivity index (χ3n) is 6.24. The van der Waals surface area contributed by atoms with Crippen LogP contribution >= 0.6 is 11.3 Å². The van der Waals surface area contributed by atoms with E-state index in [-0.39, 0.29) is 5.91 Å². The summed E-state index contributed by atoms with van der Waals surface area (Å²) in [5.41, 5.74) is 4.50. The number of pyridine rings is 1. The Kier molecular flexibility index (Phi) is 8.20. The van der Waals surface area contributed by atoms with Gasteiger partial charge in [-0.1, -0.05) is 24.3 Å². The van der Waals surface area contributed by atoms with Gasteiger partial charge in [0.1, 0.15) is 5.01 Å². The first-order chi connectivity index (χ1) is 16.1. The van der Waals surface area contributed by atoms with Gasteiger partial charge in [0, 0.05) is 69.2 Å². The van der Waals surface area contributed by atoms with E-state index in [1.807, 2.05) is 29.3 Å². The highest BCUT2D eigenvalue weighted by Crippen LogP contribution is 2.25. The molecule has 1 amide bonds. The van der Waals surface area contributed by atoms with Crippen molar-refractivity contribution in [3.05, 3.63) is 71.0 Å². The predicted octanol–water partition coefficient (Wildman–Crippen LogP) is 3.59. The second kappa shape index (κ2) is 11.5. The second-order valence-corrected chi connectivity index (χ2v) is 9.53. The molecule has 0 saturated carbocycles. The number of nitrogens with zero attached hydrogens (tertiary/aromatic N) is 5. The lowest BCUT2D eigenvalue weighted by molar-refractivity contribution is -0.130. The lowest BCUT2D eigenvalue weighted by Gasteiger charge is -2.32. The van der Waals surface area contributed by atoms with Crippen LogP contribution in [0, 0.1) is 0 Å². The topological polar surface area (TPSA) is 52.6 Å². The van der Waals surface area contributed by atoms with E-state index in [1.54, 1.807) is 23.7 Å². The summed E-state index contributed by atoms with van der Waals surface area (Å²) in [6.07, 6.45) is 4.78. The molecule has 3 aromatic rings. The highest BCUT2D eigenvalue weighted by Gasteiger charge is 2.16. The summed E-state index contributed by atoms with van der Waals surface area (Å²) in [6.45, 7) is 8.97. The molecule has 7 heteroatoms. The largest absolute Gasteiger partial charge is 0.342 e. The fourth-order valence-electron chi connectivity index (χ4n) is 4.08. The number of carbonyl (C=O) groups excluding carboxylic acids is 1. The molecule has 0 radical (unpaired) electrons. The van der Waals surface area contributed by atoms with Crippen molar-refractivity contribution in [1.29, 1.82) is 0 Å². The van der Waals surface area contributed by atoms with E-state index in [9.17, 15) is 4.79 Å². The first kappa shape index (κ1) is 23.5. The third-order valence-corrected chi connectivity index (χ3v) is 7.18. The van der Waals surface area contributed by atoms with Gasteiger partial charge in [0.05, 0.1) is 12.1 Å². The van der Waals surface area contributed by atoms with Crippen molar-refractivity contribution in [1.82, 2.24) is 24.7 Å². The van der Waals surface area contributed by atoms with Crippen molar-refractivity contribution < 1.29 is 4.79 Å². The molecular weight excluding hydrogens is 430 g/mol. The number of piperazine rings is 1. The molecule has 0 bridgehead atoms. The summed E-state index contributed by atoms with van der Waals surface area (Å²) in [6, 6.07) is 12.7. The van der Waals surface area contributed by atoms with Gasteiger partial charge in [0.15, 0.2) is 0 Å². The number of likely N-dealkylation sites (N-methyl/N-ethyl adjacent to an activating group) is 2. The van der Waals surface area contributed by atoms with E-state index in [0.29, 0.717) is 19.5 Å². The van der Waals surface area contributed by atoms with Crippen LogP contribution < -0.4 is 0 Å². The molecule has 1 aliphatic rings. The van der Waals surface area contributed by atoms with Gasteiger partial charge in [-0.3, -0.25) is 14.7 Å². The van der Waals surface area contributed by atoms with Gasteiger partial charge in [-0.2, -0.15) is 0 Å². The first-order valence-corrected chi connectivity index (χ1v) is 12.6. The van der Waals surface area contributed by atoms with Crippen LogP contribution in [-0.4, -0.2) is 76.9 Å². The van der Waals surface area contributed by atoms with Gasteiger partial charge in [0.25, 0.3) is 0 Å². The van der Waals surface area contributed by atoms with E-state index >= 15 is 0 Å². The summed E-state index contributed by atoms with van der Waals surface area (Å²) in [5.74, 6) is 0.130. The van der Waals surface area contributed by atoms with Crippen LogP contribution in [0.1, 0.15) is 23.7 Å². The standard InChI is InChI=1S/C26H33N5OS/c1-3-31(13-10-21-8-11-27-12-9-21)25(32)18-24-20-33-26(28-24)23-6-4-22(5-7-23)19-30-16-14-29(2)15-17-30/h4-9,11-12,20H,3,10,13-19H2,1-2H3. The fourth-order valence-corrected chi connectivity index (χ4v) is 4.90. The quantitative estimate of drug-likeness (QED) is 0.486. The molecule has 174 valence electrons. The van der Waals surface area contributed by atoms with Crippen LogP contribution in [0.15, 0.2) is 54.2 Å². The zero-order valence-electron chi connectivity index (χ0n) is 19.6. The minimum Gasteiger partial charge on any atom is -0.342 e. The molecule has 6 nitrogen and oxygen atoms in total. The van der Waals surface area contributed by atoms with Crippen LogP contribution in [0.4, 0.5) is 0 Å². The number of hydrogen-bond acceptors (Lipinski definition) is 6. The average molecular weight is 464 g/mol. The Morgan fingerprint density at radius 1 is 1.03 bits per heavy atom. The Hall–Kier alpha value is -2.61. The van der Waals surface area contributed by atoms with Crippen molar-refractivity contribution in [2.45, 2.75) is 26.3 Å². The molecule has 0 spiro atoms. The van der Waals surface area contributed by atoms with E-state index in [2.05, 4.69) is 46.1 Å². The maximum absolute atomic E-state index is 12.8. The molecule has 1 saturated heterocycles. The molecule has 0 aliphatic carbocycles. The molecule has 33 heavy (non-hydrogen) atoms. The van der Waals surface area contributed by atoms with E-state index < -0.39 is 0 Å².